The predicted molar refractivity (Wildman–Crippen MR) is 164 cm³/mol. The number of nitrogens with zero attached hydrogens (tertiary/aromatic N) is 3. The van der Waals surface area contributed by atoms with Crippen molar-refractivity contribution in [2.45, 2.75) is 59.2 Å². The summed E-state index contributed by atoms with van der Waals surface area (Å²) >= 11 is 0. The maximum atomic E-state index is 14.2. The first-order valence-corrected chi connectivity index (χ1v) is 15.6. The second-order valence-electron chi connectivity index (χ2n) is 10.5. The fraction of sp³-hybridized carbons (Fsp3) is 0.355. The molecule has 0 bridgehead atoms. The number of rotatable bonds is 13. The van der Waals surface area contributed by atoms with Crippen LogP contribution >= 0.6 is 0 Å². The van der Waals surface area contributed by atoms with Crippen LogP contribution in [-0.4, -0.2) is 54.9 Å². The zero-order valence-corrected chi connectivity index (χ0v) is 25.4. The van der Waals surface area contributed by atoms with Crippen LogP contribution in [0.4, 0.5) is 11.4 Å². The van der Waals surface area contributed by atoms with Gasteiger partial charge in [-0.3, -0.25) is 24.0 Å². The first-order valence-electron chi connectivity index (χ1n) is 13.7. The van der Waals surface area contributed by atoms with Crippen LogP contribution in [0.3, 0.4) is 0 Å². The zero-order chi connectivity index (χ0) is 31.0. The Morgan fingerprint density at radius 2 is 1.62 bits per heavy atom. The van der Waals surface area contributed by atoms with Gasteiger partial charge in [0.1, 0.15) is 12.6 Å². The van der Waals surface area contributed by atoms with Gasteiger partial charge in [-0.05, 0) is 43.9 Å². The third-order valence-electron chi connectivity index (χ3n) is 7.10. The highest BCUT2D eigenvalue weighted by Gasteiger charge is 2.34. The van der Waals surface area contributed by atoms with E-state index in [0.29, 0.717) is 12.0 Å². The molecule has 3 rings (SSSR count). The van der Waals surface area contributed by atoms with E-state index in [1.165, 1.54) is 17.0 Å². The van der Waals surface area contributed by atoms with Gasteiger partial charge in [-0.25, -0.2) is 8.42 Å². The summed E-state index contributed by atoms with van der Waals surface area (Å²) in [6, 6.07) is 19.6. The smallest absolute Gasteiger partial charge is 0.271 e. The van der Waals surface area contributed by atoms with Crippen molar-refractivity contribution in [2.75, 3.05) is 17.1 Å². The van der Waals surface area contributed by atoms with Crippen molar-refractivity contribution in [3.8, 4) is 0 Å². The topological polar surface area (TPSA) is 130 Å². The Balaban J connectivity index is 2.10. The number of sulfonamides is 1. The molecule has 2 amide bonds. The van der Waals surface area contributed by atoms with Crippen molar-refractivity contribution in [3.63, 3.8) is 0 Å². The van der Waals surface area contributed by atoms with Crippen LogP contribution in [0.2, 0.25) is 0 Å². The molecule has 0 spiro atoms. The highest BCUT2D eigenvalue weighted by molar-refractivity contribution is 7.92. The summed E-state index contributed by atoms with van der Waals surface area (Å²) in [7, 11) is -4.06. The van der Waals surface area contributed by atoms with Crippen LogP contribution in [0.1, 0.15) is 42.5 Å². The summed E-state index contributed by atoms with van der Waals surface area (Å²) in [5.41, 5.74) is 2.79. The number of amides is 2. The molecule has 0 saturated carbocycles. The van der Waals surface area contributed by atoms with Crippen molar-refractivity contribution in [2.24, 2.45) is 0 Å². The molecule has 0 aliphatic carbocycles. The van der Waals surface area contributed by atoms with Gasteiger partial charge >= 0.3 is 0 Å². The minimum Gasteiger partial charge on any atom is -0.352 e. The molecule has 0 heterocycles. The number of hydrogen-bond acceptors (Lipinski definition) is 6. The van der Waals surface area contributed by atoms with E-state index in [-0.39, 0.29) is 36.3 Å². The number of non-ortho nitro benzene ring substituents is 1. The number of carbonyl (C=O) groups excluding carboxylic acids is 2. The maximum absolute atomic E-state index is 14.2. The monoisotopic (exact) mass is 594 g/mol. The summed E-state index contributed by atoms with van der Waals surface area (Å²) < 4.78 is 26.9. The Labute approximate surface area is 247 Å². The molecule has 0 aliphatic rings. The van der Waals surface area contributed by atoms with E-state index in [1.807, 2.05) is 75.4 Å². The molecule has 0 unspecified atom stereocenters. The molecule has 10 nitrogen and oxygen atoms in total. The molecule has 3 aromatic carbocycles. The molecular weight excluding hydrogens is 556 g/mol. The van der Waals surface area contributed by atoms with Crippen LogP contribution in [0.15, 0.2) is 72.8 Å². The first-order chi connectivity index (χ1) is 19.8. The van der Waals surface area contributed by atoms with Gasteiger partial charge in [0, 0.05) is 31.1 Å². The molecule has 2 atom stereocenters. The molecule has 0 fully saturated rings. The van der Waals surface area contributed by atoms with Crippen molar-refractivity contribution in [1.29, 1.82) is 0 Å². The van der Waals surface area contributed by atoms with Gasteiger partial charge in [0.05, 0.1) is 16.9 Å². The van der Waals surface area contributed by atoms with Gasteiger partial charge in [-0.15, -0.1) is 0 Å². The van der Waals surface area contributed by atoms with Crippen LogP contribution in [-0.2, 0) is 32.6 Å². The third-order valence-corrected chi connectivity index (χ3v) is 8.22. The Bertz CT molecular complexity index is 1510. The molecule has 0 aromatic heterocycles. The zero-order valence-electron chi connectivity index (χ0n) is 24.6. The molecule has 0 radical (unpaired) electrons. The first kappa shape index (κ1) is 32.3. The standard InChI is InChI=1S/C31H38N4O6S/c1-6-24(4)32-31(37)29(18-25-10-8-7-9-11-25)33(20-26-15-12-22(2)13-16-26)30(36)21-34(42(5,40)41)28-19-27(35(38)39)17-14-23(28)3/h7-17,19,24,29H,6,18,20-21H2,1-5H3,(H,32,37)/t24-,29+/m0/s1. The predicted octanol–water partition coefficient (Wildman–Crippen LogP) is 4.53. The molecule has 0 saturated heterocycles. The lowest BCUT2D eigenvalue weighted by atomic mass is 10.0. The number of aryl methyl sites for hydroxylation is 2. The van der Waals surface area contributed by atoms with Gasteiger partial charge in [-0.2, -0.15) is 0 Å². The number of anilines is 1. The number of nitro groups is 1. The minimum absolute atomic E-state index is 0.0269. The number of nitrogens with one attached hydrogen (secondary N) is 1. The Kier molecular flexibility index (Phi) is 10.8. The average Bonchev–Trinajstić information content (AvgIpc) is 2.94. The molecule has 3 aromatic rings. The molecule has 224 valence electrons. The van der Waals surface area contributed by atoms with E-state index in [4.69, 9.17) is 0 Å². The van der Waals surface area contributed by atoms with E-state index in [9.17, 15) is 28.1 Å². The SMILES string of the molecule is CC[C@H](C)NC(=O)[C@@H](Cc1ccccc1)N(Cc1ccc(C)cc1)C(=O)CN(c1cc([N+](=O)[O-])ccc1C)S(C)(=O)=O. The summed E-state index contributed by atoms with van der Waals surface area (Å²) in [6.07, 6.45) is 1.83. The summed E-state index contributed by atoms with van der Waals surface area (Å²) in [6.45, 7) is 6.78. The highest BCUT2D eigenvalue weighted by Crippen LogP contribution is 2.28. The van der Waals surface area contributed by atoms with E-state index in [0.717, 1.165) is 33.3 Å². The van der Waals surface area contributed by atoms with E-state index in [2.05, 4.69) is 5.32 Å². The number of benzene rings is 3. The van der Waals surface area contributed by atoms with E-state index < -0.39 is 33.4 Å². The Morgan fingerprint density at radius 1 is 0.976 bits per heavy atom. The average molecular weight is 595 g/mol. The van der Waals surface area contributed by atoms with Gasteiger partial charge in [-0.1, -0.05) is 73.2 Å². The lowest BCUT2D eigenvalue weighted by Gasteiger charge is -2.34. The Morgan fingerprint density at radius 3 is 2.19 bits per heavy atom. The number of nitro benzene ring substituents is 1. The molecule has 42 heavy (non-hydrogen) atoms. The third kappa shape index (κ3) is 8.62. The van der Waals surface area contributed by atoms with Crippen molar-refractivity contribution < 1.29 is 22.9 Å². The highest BCUT2D eigenvalue weighted by atomic mass is 32.2. The molecular formula is C31H38N4O6S. The van der Waals surface area contributed by atoms with Crippen molar-refractivity contribution in [1.82, 2.24) is 10.2 Å². The normalized spacial score (nSPS) is 12.7. The number of hydrogen-bond donors (Lipinski definition) is 1. The maximum Gasteiger partial charge on any atom is 0.271 e. The van der Waals surface area contributed by atoms with Gasteiger partial charge < -0.3 is 10.2 Å². The Hall–Kier alpha value is -4.25. The summed E-state index contributed by atoms with van der Waals surface area (Å²) in [5, 5.41) is 14.4. The lowest BCUT2D eigenvalue weighted by molar-refractivity contribution is -0.384. The van der Waals surface area contributed by atoms with Crippen LogP contribution < -0.4 is 9.62 Å². The minimum atomic E-state index is -4.06. The summed E-state index contributed by atoms with van der Waals surface area (Å²) in [5.74, 6) is -0.974. The fourth-order valence-electron chi connectivity index (χ4n) is 4.46. The number of carbonyl (C=O) groups is 2. The van der Waals surface area contributed by atoms with Gasteiger partial charge in [0.15, 0.2) is 0 Å². The quantitative estimate of drug-likeness (QED) is 0.229. The summed E-state index contributed by atoms with van der Waals surface area (Å²) in [4.78, 5) is 40.1. The van der Waals surface area contributed by atoms with Crippen molar-refractivity contribution >= 4 is 33.2 Å². The largest absolute Gasteiger partial charge is 0.352 e. The molecule has 0 aliphatic heterocycles. The van der Waals surface area contributed by atoms with Crippen LogP contribution in [0.25, 0.3) is 0 Å². The van der Waals surface area contributed by atoms with Crippen molar-refractivity contribution in [3.05, 3.63) is 105 Å². The van der Waals surface area contributed by atoms with Crippen LogP contribution in [0.5, 0.6) is 0 Å². The van der Waals surface area contributed by atoms with Crippen LogP contribution in [0, 0.1) is 24.0 Å². The second kappa shape index (κ2) is 14.1. The van der Waals surface area contributed by atoms with E-state index in [1.54, 1.807) is 6.92 Å². The molecule has 11 heteroatoms. The van der Waals surface area contributed by atoms with Gasteiger partial charge in [0.25, 0.3) is 5.69 Å². The molecule has 1 N–H and O–H groups in total. The lowest BCUT2D eigenvalue weighted by Crippen LogP contribution is -2.54. The van der Waals surface area contributed by atoms with Gasteiger partial charge in [0.2, 0.25) is 21.8 Å². The fourth-order valence-corrected chi connectivity index (χ4v) is 5.36. The van der Waals surface area contributed by atoms with E-state index >= 15 is 0 Å². The second-order valence-corrected chi connectivity index (χ2v) is 12.4.